The Morgan fingerprint density at radius 1 is 1.32 bits per heavy atom. The number of carbonyl (C=O) groups is 1. The summed E-state index contributed by atoms with van der Waals surface area (Å²) in [7, 11) is 0. The Kier molecular flexibility index (Phi) is 4.49. The number of nitriles is 1. The van der Waals surface area contributed by atoms with Gasteiger partial charge in [-0.2, -0.15) is 5.26 Å². The first kappa shape index (κ1) is 15.1. The summed E-state index contributed by atoms with van der Waals surface area (Å²) < 4.78 is 0. The molecule has 0 unspecified atom stereocenters. The molecule has 0 aliphatic carbocycles. The highest BCUT2D eigenvalue weighted by Gasteiger charge is 2.30. The van der Waals surface area contributed by atoms with E-state index in [0.717, 1.165) is 25.9 Å². The van der Waals surface area contributed by atoms with Crippen LogP contribution in [0.1, 0.15) is 48.7 Å². The largest absolute Gasteiger partial charge is 0.356 e. The van der Waals surface area contributed by atoms with E-state index in [1.165, 1.54) is 25.9 Å². The van der Waals surface area contributed by atoms with Crippen molar-refractivity contribution in [1.82, 2.24) is 14.8 Å². The molecule has 1 amide bonds. The van der Waals surface area contributed by atoms with Crippen molar-refractivity contribution in [2.75, 3.05) is 26.2 Å². The van der Waals surface area contributed by atoms with Crippen molar-refractivity contribution in [2.24, 2.45) is 5.92 Å². The van der Waals surface area contributed by atoms with Gasteiger partial charge in [0.15, 0.2) is 0 Å². The highest BCUT2D eigenvalue weighted by atomic mass is 16.2. The fourth-order valence-electron chi connectivity index (χ4n) is 3.78. The summed E-state index contributed by atoms with van der Waals surface area (Å²) in [6.45, 7) is 6.46. The summed E-state index contributed by atoms with van der Waals surface area (Å²) in [5.74, 6) is 0.717. The third-order valence-electron chi connectivity index (χ3n) is 5.27. The van der Waals surface area contributed by atoms with Crippen molar-refractivity contribution in [3.63, 3.8) is 0 Å². The van der Waals surface area contributed by atoms with E-state index < -0.39 is 0 Å². The highest BCUT2D eigenvalue weighted by Crippen LogP contribution is 2.27. The topological polar surface area (TPSA) is 63.1 Å². The van der Waals surface area contributed by atoms with Gasteiger partial charge in [-0.1, -0.05) is 0 Å². The van der Waals surface area contributed by atoms with Gasteiger partial charge in [0.1, 0.15) is 11.8 Å². The van der Waals surface area contributed by atoms with Crippen molar-refractivity contribution in [2.45, 2.75) is 38.6 Å². The van der Waals surface area contributed by atoms with Gasteiger partial charge in [0, 0.05) is 25.3 Å². The predicted octanol–water partition coefficient (Wildman–Crippen LogP) is 2.22. The molecule has 0 bridgehead atoms. The van der Waals surface area contributed by atoms with Gasteiger partial charge in [-0.05, 0) is 57.7 Å². The SMILES string of the molecule is C[C@@H](C1CCN(C(=O)c2cc(C#N)c[nH]2)CC1)N1CCCC1. The molecule has 0 saturated carbocycles. The third-order valence-corrected chi connectivity index (χ3v) is 5.27. The first-order valence-corrected chi connectivity index (χ1v) is 8.31. The second-order valence-electron chi connectivity index (χ2n) is 6.53. The van der Waals surface area contributed by atoms with E-state index in [2.05, 4.69) is 22.9 Å². The third kappa shape index (κ3) is 3.02. The van der Waals surface area contributed by atoms with Crippen LogP contribution < -0.4 is 0 Å². The van der Waals surface area contributed by atoms with Crippen molar-refractivity contribution >= 4 is 5.91 Å². The molecule has 22 heavy (non-hydrogen) atoms. The molecule has 1 atom stereocenters. The first-order chi connectivity index (χ1) is 10.7. The Balaban J connectivity index is 1.54. The molecular weight excluding hydrogens is 276 g/mol. The van der Waals surface area contributed by atoms with E-state index >= 15 is 0 Å². The lowest BCUT2D eigenvalue weighted by atomic mass is 9.89. The number of likely N-dealkylation sites (tertiary alicyclic amines) is 2. The molecule has 2 aliphatic rings. The summed E-state index contributed by atoms with van der Waals surface area (Å²) in [5, 5.41) is 8.84. The zero-order chi connectivity index (χ0) is 15.5. The van der Waals surface area contributed by atoms with Crippen molar-refractivity contribution < 1.29 is 4.79 Å². The van der Waals surface area contributed by atoms with Crippen LogP contribution in [0.4, 0.5) is 0 Å². The maximum Gasteiger partial charge on any atom is 0.270 e. The summed E-state index contributed by atoms with van der Waals surface area (Å²) in [6, 6.07) is 4.33. The fourth-order valence-corrected chi connectivity index (χ4v) is 3.78. The number of nitrogens with zero attached hydrogens (tertiary/aromatic N) is 3. The van der Waals surface area contributed by atoms with Crippen molar-refractivity contribution in [3.8, 4) is 6.07 Å². The second kappa shape index (κ2) is 6.53. The van der Waals surface area contributed by atoms with Crippen LogP contribution in [0.15, 0.2) is 12.3 Å². The van der Waals surface area contributed by atoms with Gasteiger partial charge in [0.2, 0.25) is 0 Å². The van der Waals surface area contributed by atoms with E-state index in [-0.39, 0.29) is 5.91 Å². The first-order valence-electron chi connectivity index (χ1n) is 8.31. The minimum Gasteiger partial charge on any atom is -0.356 e. The molecule has 2 fully saturated rings. The molecule has 118 valence electrons. The Morgan fingerprint density at radius 2 is 2.00 bits per heavy atom. The number of aromatic nitrogens is 1. The molecule has 0 spiro atoms. The molecular formula is C17H24N4O. The van der Waals surface area contributed by atoms with Crippen molar-refractivity contribution in [1.29, 1.82) is 5.26 Å². The number of rotatable bonds is 3. The van der Waals surface area contributed by atoms with Crippen LogP contribution in [0.3, 0.4) is 0 Å². The zero-order valence-electron chi connectivity index (χ0n) is 13.2. The summed E-state index contributed by atoms with van der Waals surface area (Å²) >= 11 is 0. The number of amides is 1. The van der Waals surface area contributed by atoms with Crippen LogP contribution in [-0.2, 0) is 0 Å². The summed E-state index contributed by atoms with van der Waals surface area (Å²) in [5.41, 5.74) is 1.04. The Bertz CT molecular complexity index is 559. The van der Waals surface area contributed by atoms with Crippen molar-refractivity contribution in [3.05, 3.63) is 23.5 Å². The highest BCUT2D eigenvalue weighted by molar-refractivity contribution is 5.92. The number of hydrogen-bond acceptors (Lipinski definition) is 3. The standard InChI is InChI=1S/C17H24N4O/c1-13(20-6-2-3-7-20)15-4-8-21(9-5-15)17(22)16-10-14(11-18)12-19-16/h10,12-13,15,19H,2-9H2,1H3/t13-/m0/s1. The van der Waals surface area contributed by atoms with Crippen LogP contribution in [0.2, 0.25) is 0 Å². The smallest absolute Gasteiger partial charge is 0.270 e. The maximum atomic E-state index is 12.4. The lowest BCUT2D eigenvalue weighted by Gasteiger charge is -2.38. The van der Waals surface area contributed by atoms with Gasteiger partial charge in [0.25, 0.3) is 5.91 Å². The number of hydrogen-bond donors (Lipinski definition) is 1. The normalized spacial score (nSPS) is 21.7. The van der Waals surface area contributed by atoms with E-state index in [1.54, 1.807) is 12.3 Å². The number of piperidine rings is 1. The minimum atomic E-state index is 0.0220. The van der Waals surface area contributed by atoms with Crippen LogP contribution >= 0.6 is 0 Å². The molecule has 2 aliphatic heterocycles. The average Bonchev–Trinajstić information content (AvgIpc) is 3.25. The van der Waals surface area contributed by atoms with Crippen LogP contribution in [0.25, 0.3) is 0 Å². The molecule has 0 radical (unpaired) electrons. The van der Waals surface area contributed by atoms with Gasteiger partial charge in [-0.3, -0.25) is 4.79 Å². The fraction of sp³-hybridized carbons (Fsp3) is 0.647. The van der Waals surface area contributed by atoms with E-state index in [4.69, 9.17) is 5.26 Å². The second-order valence-corrected chi connectivity index (χ2v) is 6.53. The van der Waals surface area contributed by atoms with Crippen LogP contribution in [0, 0.1) is 17.2 Å². The summed E-state index contributed by atoms with van der Waals surface area (Å²) in [4.78, 5) is 19.9. The molecule has 3 rings (SSSR count). The lowest BCUT2D eigenvalue weighted by Crippen LogP contribution is -2.45. The van der Waals surface area contributed by atoms with E-state index in [0.29, 0.717) is 23.2 Å². The van der Waals surface area contributed by atoms with Gasteiger partial charge in [-0.15, -0.1) is 0 Å². The van der Waals surface area contributed by atoms with E-state index in [9.17, 15) is 4.79 Å². The van der Waals surface area contributed by atoms with Gasteiger partial charge < -0.3 is 14.8 Å². The number of carbonyl (C=O) groups excluding carboxylic acids is 1. The van der Waals surface area contributed by atoms with Gasteiger partial charge in [0.05, 0.1) is 5.56 Å². The zero-order valence-corrected chi connectivity index (χ0v) is 13.2. The van der Waals surface area contributed by atoms with E-state index in [1.807, 2.05) is 4.90 Å². The maximum absolute atomic E-state index is 12.4. The Hall–Kier alpha value is -1.80. The lowest BCUT2D eigenvalue weighted by molar-refractivity contribution is 0.0619. The number of aromatic amines is 1. The minimum absolute atomic E-state index is 0.0220. The Labute approximate surface area is 131 Å². The van der Waals surface area contributed by atoms with Crippen LogP contribution in [0.5, 0.6) is 0 Å². The summed E-state index contributed by atoms with van der Waals surface area (Å²) in [6.07, 6.45) is 6.41. The molecule has 5 nitrogen and oxygen atoms in total. The molecule has 0 aromatic carbocycles. The molecule has 3 heterocycles. The van der Waals surface area contributed by atoms with Gasteiger partial charge >= 0.3 is 0 Å². The van der Waals surface area contributed by atoms with Crippen LogP contribution in [-0.4, -0.2) is 52.9 Å². The number of nitrogens with one attached hydrogen (secondary N) is 1. The quantitative estimate of drug-likeness (QED) is 0.931. The molecule has 1 N–H and O–H groups in total. The molecule has 2 saturated heterocycles. The number of H-pyrrole nitrogens is 1. The van der Waals surface area contributed by atoms with Gasteiger partial charge in [-0.25, -0.2) is 0 Å². The average molecular weight is 300 g/mol. The predicted molar refractivity (Wildman–Crippen MR) is 84.4 cm³/mol. The molecule has 1 aromatic rings. The molecule has 5 heteroatoms. The Morgan fingerprint density at radius 3 is 2.59 bits per heavy atom. The molecule has 1 aromatic heterocycles. The monoisotopic (exact) mass is 300 g/mol.